The third-order valence-electron chi connectivity index (χ3n) is 2.85. The number of hydrogen-bond acceptors (Lipinski definition) is 3. The summed E-state index contributed by atoms with van der Waals surface area (Å²) in [6, 6.07) is 4.00. The molecule has 0 aliphatic carbocycles. The molecular weight excluding hydrogens is 220 g/mol. The molecule has 1 rings (SSSR count). The van der Waals surface area contributed by atoms with Crippen molar-refractivity contribution >= 4 is 17.2 Å². The van der Waals surface area contributed by atoms with Crippen molar-refractivity contribution in [3.63, 3.8) is 0 Å². The Morgan fingerprint density at radius 1 is 1.75 bits per heavy atom. The molecule has 0 spiro atoms. The second kappa shape index (κ2) is 5.13. The summed E-state index contributed by atoms with van der Waals surface area (Å²) in [6.07, 6.45) is 0.520. The number of nitriles is 1. The van der Waals surface area contributed by atoms with Gasteiger partial charge in [0.2, 0.25) is 5.91 Å². The van der Waals surface area contributed by atoms with E-state index in [1.165, 1.54) is 0 Å². The topological polar surface area (TPSA) is 52.9 Å². The molecule has 0 saturated carbocycles. The van der Waals surface area contributed by atoms with E-state index < -0.39 is 5.41 Å². The summed E-state index contributed by atoms with van der Waals surface area (Å²) in [6.45, 7) is 5.44. The summed E-state index contributed by atoms with van der Waals surface area (Å²) >= 11 is 1.60. The van der Waals surface area contributed by atoms with E-state index in [4.69, 9.17) is 5.26 Å². The molecule has 0 aromatic carbocycles. The molecule has 1 N–H and O–H groups in total. The highest BCUT2D eigenvalue weighted by Crippen LogP contribution is 2.22. The Labute approximate surface area is 100 Å². The van der Waals surface area contributed by atoms with Gasteiger partial charge >= 0.3 is 0 Å². The summed E-state index contributed by atoms with van der Waals surface area (Å²) in [4.78, 5) is 11.9. The van der Waals surface area contributed by atoms with E-state index >= 15 is 0 Å². The summed E-state index contributed by atoms with van der Waals surface area (Å²) in [7, 11) is 0. The van der Waals surface area contributed by atoms with Crippen molar-refractivity contribution in [3.05, 3.63) is 22.4 Å². The average Bonchev–Trinajstić information content (AvgIpc) is 2.81. The molecule has 0 aliphatic heterocycles. The molecule has 0 aliphatic rings. The van der Waals surface area contributed by atoms with E-state index in [1.807, 2.05) is 30.7 Å². The smallest absolute Gasteiger partial charge is 0.240 e. The molecule has 0 saturated heterocycles. The van der Waals surface area contributed by atoms with Gasteiger partial charge in [-0.2, -0.15) is 16.6 Å². The molecule has 16 heavy (non-hydrogen) atoms. The third-order valence-corrected chi connectivity index (χ3v) is 3.55. The number of amides is 1. The van der Waals surface area contributed by atoms with Crippen molar-refractivity contribution in [2.45, 2.75) is 33.2 Å². The Bertz CT molecular complexity index is 394. The molecule has 0 radical (unpaired) electrons. The Balaban J connectivity index is 2.69. The van der Waals surface area contributed by atoms with E-state index in [0.717, 1.165) is 5.56 Å². The first-order valence-electron chi connectivity index (χ1n) is 5.28. The van der Waals surface area contributed by atoms with Crippen LogP contribution in [0.4, 0.5) is 0 Å². The Hall–Kier alpha value is -1.34. The van der Waals surface area contributed by atoms with Crippen LogP contribution < -0.4 is 5.32 Å². The molecule has 1 heterocycles. The number of thiophene rings is 1. The highest BCUT2D eigenvalue weighted by Gasteiger charge is 2.32. The van der Waals surface area contributed by atoms with Crippen molar-refractivity contribution in [2.75, 3.05) is 0 Å². The molecular formula is C12H16N2OS. The van der Waals surface area contributed by atoms with Crippen LogP contribution in [0.3, 0.4) is 0 Å². The fourth-order valence-electron chi connectivity index (χ4n) is 1.25. The summed E-state index contributed by atoms with van der Waals surface area (Å²) in [5, 5.41) is 15.8. The minimum atomic E-state index is -0.926. The van der Waals surface area contributed by atoms with Gasteiger partial charge in [-0.3, -0.25) is 4.79 Å². The minimum absolute atomic E-state index is 0.0435. The van der Waals surface area contributed by atoms with E-state index in [0.29, 0.717) is 6.42 Å². The van der Waals surface area contributed by atoms with Gasteiger partial charge in [-0.1, -0.05) is 6.92 Å². The van der Waals surface area contributed by atoms with Gasteiger partial charge in [-0.05, 0) is 42.7 Å². The fourth-order valence-corrected chi connectivity index (χ4v) is 2.01. The first kappa shape index (κ1) is 12.7. The molecule has 1 amide bonds. The standard InChI is InChI=1S/C12H16N2OS/c1-4-12(3,8-13)11(15)14-9(2)10-5-6-16-7-10/h5-7,9H,4H2,1-3H3,(H,14,15). The van der Waals surface area contributed by atoms with Gasteiger partial charge < -0.3 is 5.32 Å². The number of rotatable bonds is 4. The third kappa shape index (κ3) is 2.61. The molecule has 0 fully saturated rings. The molecule has 1 aromatic heterocycles. The van der Waals surface area contributed by atoms with Crippen molar-refractivity contribution in [1.82, 2.24) is 5.32 Å². The molecule has 2 atom stereocenters. The van der Waals surface area contributed by atoms with E-state index in [1.54, 1.807) is 18.3 Å². The summed E-state index contributed by atoms with van der Waals surface area (Å²) in [5.41, 5.74) is 0.152. The van der Waals surface area contributed by atoms with Crippen molar-refractivity contribution in [1.29, 1.82) is 5.26 Å². The number of nitrogens with zero attached hydrogens (tertiary/aromatic N) is 1. The highest BCUT2D eigenvalue weighted by molar-refractivity contribution is 7.07. The normalized spacial score (nSPS) is 15.9. The Morgan fingerprint density at radius 2 is 2.44 bits per heavy atom. The van der Waals surface area contributed by atoms with Gasteiger partial charge in [0, 0.05) is 0 Å². The van der Waals surface area contributed by atoms with E-state index in [2.05, 4.69) is 11.4 Å². The predicted molar refractivity (Wildman–Crippen MR) is 64.9 cm³/mol. The fraction of sp³-hybridized carbons (Fsp3) is 0.500. The molecule has 0 bridgehead atoms. The SMILES string of the molecule is CCC(C)(C#N)C(=O)NC(C)c1ccsc1. The van der Waals surface area contributed by atoms with E-state index in [9.17, 15) is 4.79 Å². The molecule has 86 valence electrons. The van der Waals surface area contributed by atoms with Crippen LogP contribution >= 0.6 is 11.3 Å². The summed E-state index contributed by atoms with van der Waals surface area (Å²) < 4.78 is 0. The van der Waals surface area contributed by atoms with Crippen LogP contribution in [0.5, 0.6) is 0 Å². The maximum Gasteiger partial charge on any atom is 0.240 e. The maximum absolute atomic E-state index is 11.9. The lowest BCUT2D eigenvalue weighted by Gasteiger charge is -2.21. The minimum Gasteiger partial charge on any atom is -0.348 e. The maximum atomic E-state index is 11.9. The van der Waals surface area contributed by atoms with Gasteiger partial charge in [-0.25, -0.2) is 0 Å². The molecule has 1 aromatic rings. The first-order valence-corrected chi connectivity index (χ1v) is 6.22. The molecule has 3 nitrogen and oxygen atoms in total. The van der Waals surface area contributed by atoms with Crippen LogP contribution in [0.25, 0.3) is 0 Å². The summed E-state index contributed by atoms with van der Waals surface area (Å²) in [5.74, 6) is -0.198. The van der Waals surface area contributed by atoms with Gasteiger partial charge in [0.05, 0.1) is 12.1 Å². The van der Waals surface area contributed by atoms with E-state index in [-0.39, 0.29) is 11.9 Å². The lowest BCUT2D eigenvalue weighted by molar-refractivity contribution is -0.128. The second-order valence-corrected chi connectivity index (χ2v) is 4.83. The number of carbonyl (C=O) groups is 1. The quantitative estimate of drug-likeness (QED) is 0.874. The van der Waals surface area contributed by atoms with Crippen LogP contribution in [0.2, 0.25) is 0 Å². The van der Waals surface area contributed by atoms with Crippen LogP contribution in [-0.2, 0) is 4.79 Å². The average molecular weight is 236 g/mol. The van der Waals surface area contributed by atoms with Crippen molar-refractivity contribution in [2.24, 2.45) is 5.41 Å². The monoisotopic (exact) mass is 236 g/mol. The largest absolute Gasteiger partial charge is 0.348 e. The number of hydrogen-bond donors (Lipinski definition) is 1. The van der Waals surface area contributed by atoms with Crippen LogP contribution in [0.15, 0.2) is 16.8 Å². The molecule has 4 heteroatoms. The van der Waals surface area contributed by atoms with Gasteiger partial charge in [0.1, 0.15) is 5.41 Å². The Kier molecular flexibility index (Phi) is 4.08. The van der Waals surface area contributed by atoms with Gasteiger partial charge in [0.25, 0.3) is 0 Å². The number of carbonyl (C=O) groups excluding carboxylic acids is 1. The zero-order chi connectivity index (χ0) is 12.2. The predicted octanol–water partition coefficient (Wildman–Crippen LogP) is 2.87. The van der Waals surface area contributed by atoms with Crippen LogP contribution in [-0.4, -0.2) is 5.91 Å². The molecule has 2 unspecified atom stereocenters. The zero-order valence-corrected chi connectivity index (χ0v) is 10.6. The highest BCUT2D eigenvalue weighted by atomic mass is 32.1. The van der Waals surface area contributed by atoms with Gasteiger partial charge in [-0.15, -0.1) is 0 Å². The second-order valence-electron chi connectivity index (χ2n) is 4.05. The van der Waals surface area contributed by atoms with Crippen LogP contribution in [0.1, 0.15) is 38.8 Å². The number of nitrogens with one attached hydrogen (secondary N) is 1. The van der Waals surface area contributed by atoms with Crippen molar-refractivity contribution in [3.8, 4) is 6.07 Å². The van der Waals surface area contributed by atoms with Crippen molar-refractivity contribution < 1.29 is 4.79 Å². The van der Waals surface area contributed by atoms with Crippen LogP contribution in [0, 0.1) is 16.7 Å². The zero-order valence-electron chi connectivity index (χ0n) is 9.78. The lowest BCUT2D eigenvalue weighted by atomic mass is 9.88. The Morgan fingerprint density at radius 3 is 2.88 bits per heavy atom. The van der Waals surface area contributed by atoms with Gasteiger partial charge in [0.15, 0.2) is 0 Å². The first-order chi connectivity index (χ1) is 7.53. The lowest BCUT2D eigenvalue weighted by Crippen LogP contribution is -2.38.